The monoisotopic (exact) mass is 267 g/mol. The van der Waals surface area contributed by atoms with Crippen molar-refractivity contribution in [1.82, 2.24) is 4.90 Å². The highest BCUT2D eigenvalue weighted by atomic mass is 127. The zero-order valence-electron chi connectivity index (χ0n) is 6.85. The Balaban J connectivity index is 0.000000281. The summed E-state index contributed by atoms with van der Waals surface area (Å²) in [6.07, 6.45) is 3.34. The first kappa shape index (κ1) is 9.29. The predicted octanol–water partition coefficient (Wildman–Crippen LogP) is 1.68. The second-order valence-corrected chi connectivity index (χ2v) is 3.03. The van der Waals surface area contributed by atoms with Gasteiger partial charge >= 0.3 is 0 Å². The number of carbonyl (C=O) groups excluding carboxylic acids is 1. The molecule has 3 saturated heterocycles. The molecule has 3 fully saturated rings. The number of rotatable bonds is 0. The Hall–Kier alpha value is 0.200. The first-order valence-corrected chi connectivity index (χ1v) is 6.17. The summed E-state index contributed by atoms with van der Waals surface area (Å²) >= 11 is 2.15. The quantitative estimate of drug-likeness (QED) is 0.483. The molecule has 0 aromatic carbocycles. The highest BCUT2D eigenvalue weighted by molar-refractivity contribution is 14.1. The molecule has 2 nitrogen and oxygen atoms in total. The Labute approximate surface area is 81.5 Å². The molecular formula is C8H14INO. The Morgan fingerprint density at radius 1 is 1.36 bits per heavy atom. The normalized spacial score (nSPS) is 23.1. The molecule has 0 N–H and O–H groups in total. The minimum Gasteiger partial charge on any atom is -0.343 e. The van der Waals surface area contributed by atoms with E-state index in [4.69, 9.17) is 0 Å². The number of hydrogen-bond acceptors (Lipinski definition) is 1. The summed E-state index contributed by atoms with van der Waals surface area (Å²) in [6.45, 7) is 2.06. The van der Waals surface area contributed by atoms with Crippen LogP contribution in [0.5, 0.6) is 0 Å². The van der Waals surface area contributed by atoms with Crippen LogP contribution in [0.1, 0.15) is 19.3 Å². The summed E-state index contributed by atoms with van der Waals surface area (Å²) in [5.41, 5.74) is 0. The van der Waals surface area contributed by atoms with Gasteiger partial charge in [0, 0.05) is 19.5 Å². The standard InChI is InChI=1S/C7H11NO.CH3I/c9-7-5-6-1-3-8(7)4-2-6;1-2/h6H,1-5H2;1H3. The summed E-state index contributed by atoms with van der Waals surface area (Å²) in [6, 6.07) is 0. The lowest BCUT2D eigenvalue weighted by molar-refractivity contribution is -0.138. The number of amides is 1. The molecule has 3 heterocycles. The van der Waals surface area contributed by atoms with Gasteiger partial charge in [0.25, 0.3) is 0 Å². The summed E-state index contributed by atoms with van der Waals surface area (Å²) in [5.74, 6) is 1.13. The minimum absolute atomic E-state index is 0.387. The van der Waals surface area contributed by atoms with Crippen LogP contribution < -0.4 is 0 Å². The van der Waals surface area contributed by atoms with Crippen molar-refractivity contribution in [1.29, 1.82) is 0 Å². The average Bonchev–Trinajstić information content (AvgIpc) is 2.10. The third-order valence-electron chi connectivity index (χ3n) is 2.43. The lowest BCUT2D eigenvalue weighted by Crippen LogP contribution is -2.45. The SMILES string of the molecule is CI.O=C1CC2CCN1CC2. The lowest BCUT2D eigenvalue weighted by Gasteiger charge is -2.38. The molecule has 0 spiro atoms. The molecule has 0 radical (unpaired) electrons. The third-order valence-corrected chi connectivity index (χ3v) is 2.43. The molecule has 0 atom stereocenters. The second-order valence-electron chi connectivity index (χ2n) is 3.03. The van der Waals surface area contributed by atoms with Crippen LogP contribution in [0, 0.1) is 5.92 Å². The van der Waals surface area contributed by atoms with Gasteiger partial charge in [0.05, 0.1) is 0 Å². The van der Waals surface area contributed by atoms with Crippen LogP contribution in [0.25, 0.3) is 0 Å². The van der Waals surface area contributed by atoms with Gasteiger partial charge in [0.15, 0.2) is 0 Å². The number of carbonyl (C=O) groups is 1. The number of fused-ring (bicyclic) bond motifs is 3. The summed E-state index contributed by atoms with van der Waals surface area (Å²) in [5, 5.41) is 0. The van der Waals surface area contributed by atoms with E-state index in [0.29, 0.717) is 5.91 Å². The topological polar surface area (TPSA) is 20.3 Å². The molecule has 3 heteroatoms. The maximum atomic E-state index is 11.0. The fraction of sp³-hybridized carbons (Fsp3) is 0.875. The Bertz CT molecular complexity index is 141. The van der Waals surface area contributed by atoms with Gasteiger partial charge in [-0.2, -0.15) is 0 Å². The summed E-state index contributed by atoms with van der Waals surface area (Å²) in [4.78, 5) is 14.9. The third kappa shape index (κ3) is 2.07. The van der Waals surface area contributed by atoms with E-state index in [1.165, 1.54) is 12.8 Å². The van der Waals surface area contributed by atoms with Crippen molar-refractivity contribution in [3.63, 3.8) is 0 Å². The van der Waals surface area contributed by atoms with Gasteiger partial charge in [-0.05, 0) is 23.7 Å². The van der Waals surface area contributed by atoms with Crippen LogP contribution in [0.4, 0.5) is 0 Å². The number of alkyl halides is 1. The van der Waals surface area contributed by atoms with Gasteiger partial charge in [0.1, 0.15) is 0 Å². The molecule has 11 heavy (non-hydrogen) atoms. The summed E-state index contributed by atoms with van der Waals surface area (Å²) in [7, 11) is 0. The molecule has 3 aliphatic heterocycles. The molecule has 2 bridgehead atoms. The first-order chi connectivity index (χ1) is 5.36. The first-order valence-electron chi connectivity index (χ1n) is 4.02. The van der Waals surface area contributed by atoms with Crippen molar-refractivity contribution in [2.75, 3.05) is 18.0 Å². The number of piperidine rings is 3. The molecule has 0 unspecified atom stereocenters. The minimum atomic E-state index is 0.387. The largest absolute Gasteiger partial charge is 0.343 e. The van der Waals surface area contributed by atoms with Gasteiger partial charge < -0.3 is 4.90 Å². The maximum absolute atomic E-state index is 11.0. The van der Waals surface area contributed by atoms with Crippen molar-refractivity contribution in [2.24, 2.45) is 5.92 Å². The number of halogens is 1. The maximum Gasteiger partial charge on any atom is 0.222 e. The van der Waals surface area contributed by atoms with Crippen molar-refractivity contribution < 1.29 is 4.79 Å². The van der Waals surface area contributed by atoms with E-state index in [2.05, 4.69) is 22.6 Å². The van der Waals surface area contributed by atoms with Crippen LogP contribution in [-0.4, -0.2) is 28.8 Å². The van der Waals surface area contributed by atoms with E-state index in [9.17, 15) is 4.79 Å². The number of hydrogen-bond donors (Lipinski definition) is 0. The highest BCUT2D eigenvalue weighted by Gasteiger charge is 2.30. The van der Waals surface area contributed by atoms with Gasteiger partial charge in [0.2, 0.25) is 5.91 Å². The molecule has 0 aromatic heterocycles. The average molecular weight is 267 g/mol. The van der Waals surface area contributed by atoms with E-state index in [0.717, 1.165) is 25.4 Å². The smallest absolute Gasteiger partial charge is 0.222 e. The molecule has 0 aromatic rings. The zero-order chi connectivity index (χ0) is 8.27. The van der Waals surface area contributed by atoms with Crippen molar-refractivity contribution >= 4 is 28.5 Å². The van der Waals surface area contributed by atoms with Gasteiger partial charge in [-0.25, -0.2) is 0 Å². The van der Waals surface area contributed by atoms with E-state index in [1.54, 1.807) is 0 Å². The van der Waals surface area contributed by atoms with Crippen LogP contribution in [0.15, 0.2) is 0 Å². The van der Waals surface area contributed by atoms with Gasteiger partial charge in [-0.3, -0.25) is 4.79 Å². The van der Waals surface area contributed by atoms with Crippen LogP contribution in [0.2, 0.25) is 0 Å². The number of nitrogens with zero attached hydrogens (tertiary/aromatic N) is 1. The van der Waals surface area contributed by atoms with Crippen LogP contribution in [0.3, 0.4) is 0 Å². The lowest BCUT2D eigenvalue weighted by atomic mass is 9.88. The Kier molecular flexibility index (Phi) is 3.62. The Morgan fingerprint density at radius 3 is 2.09 bits per heavy atom. The molecule has 3 aliphatic rings. The molecule has 0 aliphatic carbocycles. The van der Waals surface area contributed by atoms with E-state index < -0.39 is 0 Å². The van der Waals surface area contributed by atoms with E-state index >= 15 is 0 Å². The van der Waals surface area contributed by atoms with Crippen molar-refractivity contribution in [3.05, 3.63) is 0 Å². The molecule has 64 valence electrons. The van der Waals surface area contributed by atoms with Gasteiger partial charge in [-0.1, -0.05) is 22.6 Å². The molecular weight excluding hydrogens is 253 g/mol. The van der Waals surface area contributed by atoms with E-state index in [-0.39, 0.29) is 0 Å². The molecule has 3 rings (SSSR count). The van der Waals surface area contributed by atoms with Crippen LogP contribution in [-0.2, 0) is 4.79 Å². The molecule has 0 saturated carbocycles. The predicted molar refractivity (Wildman–Crippen MR) is 53.9 cm³/mol. The van der Waals surface area contributed by atoms with Gasteiger partial charge in [-0.15, -0.1) is 0 Å². The van der Waals surface area contributed by atoms with Crippen molar-refractivity contribution in [3.8, 4) is 0 Å². The fourth-order valence-corrected chi connectivity index (χ4v) is 1.76. The van der Waals surface area contributed by atoms with E-state index in [1.807, 2.05) is 9.83 Å². The van der Waals surface area contributed by atoms with Crippen LogP contribution >= 0.6 is 22.6 Å². The second kappa shape index (κ2) is 4.28. The van der Waals surface area contributed by atoms with Crippen molar-refractivity contribution in [2.45, 2.75) is 19.3 Å². The summed E-state index contributed by atoms with van der Waals surface area (Å²) < 4.78 is 0. The Morgan fingerprint density at radius 2 is 1.91 bits per heavy atom. The fourth-order valence-electron chi connectivity index (χ4n) is 1.76. The highest BCUT2D eigenvalue weighted by Crippen LogP contribution is 2.27. The molecule has 1 amide bonds. The zero-order valence-corrected chi connectivity index (χ0v) is 9.00.